The van der Waals surface area contributed by atoms with Crippen LogP contribution in [0.3, 0.4) is 0 Å². The minimum absolute atomic E-state index is 0.303. The quantitative estimate of drug-likeness (QED) is 0.800. The van der Waals surface area contributed by atoms with Crippen LogP contribution in [-0.2, 0) is 0 Å². The van der Waals surface area contributed by atoms with E-state index < -0.39 is 0 Å². The van der Waals surface area contributed by atoms with Gasteiger partial charge in [-0.2, -0.15) is 0 Å². The van der Waals surface area contributed by atoms with Gasteiger partial charge >= 0.3 is 0 Å². The van der Waals surface area contributed by atoms with Crippen molar-refractivity contribution in [3.05, 3.63) is 26.8 Å². The van der Waals surface area contributed by atoms with Crippen LogP contribution >= 0.6 is 22.7 Å². The van der Waals surface area contributed by atoms with Crippen molar-refractivity contribution < 1.29 is 0 Å². The normalized spacial score (nSPS) is 19.1. The summed E-state index contributed by atoms with van der Waals surface area (Å²) in [6, 6.07) is 0.303. The van der Waals surface area contributed by atoms with Crippen molar-refractivity contribution in [2.24, 2.45) is 0 Å². The molecule has 1 aliphatic heterocycles. The summed E-state index contributed by atoms with van der Waals surface area (Å²) in [5.74, 6) is 0. The first-order valence-electron chi connectivity index (χ1n) is 4.81. The highest BCUT2D eigenvalue weighted by Gasteiger charge is 2.20. The van der Waals surface area contributed by atoms with Gasteiger partial charge in [0.1, 0.15) is 0 Å². The van der Waals surface area contributed by atoms with Crippen molar-refractivity contribution in [2.45, 2.75) is 13.0 Å². The zero-order chi connectivity index (χ0) is 10.3. The molecule has 2 aromatic rings. The molecule has 15 heavy (non-hydrogen) atoms. The zero-order valence-electron chi connectivity index (χ0n) is 8.28. The Morgan fingerprint density at radius 3 is 3.00 bits per heavy atom. The average molecular weight is 237 g/mol. The van der Waals surface area contributed by atoms with Crippen LogP contribution in [0.4, 0.5) is 11.4 Å². The highest BCUT2D eigenvalue weighted by Crippen LogP contribution is 2.34. The number of nitrogens with zero attached hydrogens (tertiary/aromatic N) is 1. The molecular weight excluding hydrogens is 226 g/mol. The molecule has 1 unspecified atom stereocenters. The maximum absolute atomic E-state index is 4.51. The van der Waals surface area contributed by atoms with E-state index in [-0.39, 0.29) is 0 Å². The smallest absolute Gasteiger partial charge is 0.0898 e. The average Bonchev–Trinajstić information content (AvgIpc) is 2.84. The third-order valence-corrected chi connectivity index (χ3v) is 4.02. The summed E-state index contributed by atoms with van der Waals surface area (Å²) in [5, 5.41) is 14.4. The number of aryl methyl sites for hydroxylation is 1. The summed E-state index contributed by atoms with van der Waals surface area (Å²) >= 11 is 3.42. The molecule has 0 aliphatic carbocycles. The molecule has 2 aromatic heterocycles. The Bertz CT molecular complexity index is 474. The number of rotatable bonds is 1. The molecule has 0 saturated heterocycles. The first-order chi connectivity index (χ1) is 7.33. The van der Waals surface area contributed by atoms with Gasteiger partial charge in [0.15, 0.2) is 0 Å². The van der Waals surface area contributed by atoms with E-state index in [2.05, 4.69) is 31.8 Å². The standard InChI is InChI=1S/C10H11N3S2/c1-6-12-10(5-15-6)7-2-11-8-3-14-4-9(8)13-7/h3-5,7,11,13H,2H2,1H3. The van der Waals surface area contributed by atoms with Crippen LogP contribution in [0.25, 0.3) is 0 Å². The van der Waals surface area contributed by atoms with Crippen molar-refractivity contribution >= 4 is 34.0 Å². The fraction of sp³-hybridized carbons (Fsp3) is 0.300. The van der Waals surface area contributed by atoms with Crippen molar-refractivity contribution in [1.82, 2.24) is 4.98 Å². The van der Waals surface area contributed by atoms with Crippen LogP contribution in [-0.4, -0.2) is 11.5 Å². The van der Waals surface area contributed by atoms with E-state index in [1.165, 1.54) is 11.4 Å². The third-order valence-electron chi connectivity index (χ3n) is 2.48. The Kier molecular flexibility index (Phi) is 2.14. The van der Waals surface area contributed by atoms with Crippen LogP contribution in [0, 0.1) is 6.92 Å². The maximum atomic E-state index is 4.51. The number of hydrogen-bond donors (Lipinski definition) is 2. The number of thiazole rings is 1. The lowest BCUT2D eigenvalue weighted by atomic mass is 10.1. The highest BCUT2D eigenvalue weighted by atomic mass is 32.1. The van der Waals surface area contributed by atoms with Gasteiger partial charge in [-0.1, -0.05) is 0 Å². The molecule has 1 aliphatic rings. The first kappa shape index (κ1) is 9.18. The van der Waals surface area contributed by atoms with Gasteiger partial charge in [0, 0.05) is 22.7 Å². The molecule has 0 saturated carbocycles. The number of nitrogens with one attached hydrogen (secondary N) is 2. The van der Waals surface area contributed by atoms with Gasteiger partial charge in [0.05, 0.1) is 28.1 Å². The molecule has 1 atom stereocenters. The largest absolute Gasteiger partial charge is 0.380 e. The fourth-order valence-corrected chi connectivity index (χ4v) is 3.13. The van der Waals surface area contributed by atoms with E-state index in [0.717, 1.165) is 17.2 Å². The second kappa shape index (κ2) is 3.50. The lowest BCUT2D eigenvalue weighted by molar-refractivity contribution is 0.778. The predicted molar refractivity (Wildman–Crippen MR) is 66.0 cm³/mol. The van der Waals surface area contributed by atoms with Crippen LogP contribution in [0.15, 0.2) is 16.1 Å². The Morgan fingerprint density at radius 2 is 2.20 bits per heavy atom. The molecule has 3 rings (SSSR count). The second-order valence-electron chi connectivity index (χ2n) is 3.57. The first-order valence-corrected chi connectivity index (χ1v) is 6.64. The van der Waals surface area contributed by atoms with E-state index in [0.29, 0.717) is 6.04 Å². The van der Waals surface area contributed by atoms with E-state index >= 15 is 0 Å². The summed E-state index contributed by atoms with van der Waals surface area (Å²) in [5.41, 5.74) is 3.55. The van der Waals surface area contributed by atoms with E-state index in [1.54, 1.807) is 22.7 Å². The Hall–Kier alpha value is -1.07. The monoisotopic (exact) mass is 237 g/mol. The SMILES string of the molecule is Cc1nc(C2CNc3cscc3N2)cs1. The lowest BCUT2D eigenvalue weighted by Crippen LogP contribution is -2.25. The summed E-state index contributed by atoms with van der Waals surface area (Å²) < 4.78 is 0. The Balaban J connectivity index is 1.87. The Labute approximate surface area is 96.2 Å². The molecule has 78 valence electrons. The van der Waals surface area contributed by atoms with E-state index in [4.69, 9.17) is 0 Å². The Morgan fingerprint density at radius 1 is 1.33 bits per heavy atom. The summed E-state index contributed by atoms with van der Waals surface area (Å²) in [6.07, 6.45) is 0. The lowest BCUT2D eigenvalue weighted by Gasteiger charge is -2.24. The molecular formula is C10H11N3S2. The minimum atomic E-state index is 0.303. The molecule has 3 nitrogen and oxygen atoms in total. The van der Waals surface area contributed by atoms with Gasteiger partial charge < -0.3 is 10.6 Å². The fourth-order valence-electron chi connectivity index (χ4n) is 1.72. The van der Waals surface area contributed by atoms with Crippen LogP contribution in [0.5, 0.6) is 0 Å². The van der Waals surface area contributed by atoms with Gasteiger partial charge in [-0.05, 0) is 6.92 Å². The molecule has 5 heteroatoms. The molecule has 3 heterocycles. The van der Waals surface area contributed by atoms with E-state index in [9.17, 15) is 0 Å². The minimum Gasteiger partial charge on any atom is -0.380 e. The molecule has 0 amide bonds. The zero-order valence-corrected chi connectivity index (χ0v) is 9.91. The van der Waals surface area contributed by atoms with Crippen molar-refractivity contribution in [3.8, 4) is 0 Å². The topological polar surface area (TPSA) is 37.0 Å². The number of aromatic nitrogens is 1. The summed E-state index contributed by atoms with van der Waals surface area (Å²) in [6.45, 7) is 2.95. The van der Waals surface area contributed by atoms with Gasteiger partial charge in [0.2, 0.25) is 0 Å². The predicted octanol–water partition coefficient (Wildman–Crippen LogP) is 3.09. The van der Waals surface area contributed by atoms with Crippen molar-refractivity contribution in [1.29, 1.82) is 0 Å². The van der Waals surface area contributed by atoms with Gasteiger partial charge in [0.25, 0.3) is 0 Å². The maximum Gasteiger partial charge on any atom is 0.0898 e. The van der Waals surface area contributed by atoms with Gasteiger partial charge in [-0.15, -0.1) is 22.7 Å². The molecule has 0 bridgehead atoms. The molecule has 2 N–H and O–H groups in total. The summed E-state index contributed by atoms with van der Waals surface area (Å²) in [7, 11) is 0. The van der Waals surface area contributed by atoms with Gasteiger partial charge in [-0.3, -0.25) is 0 Å². The molecule has 0 radical (unpaired) electrons. The number of anilines is 2. The van der Waals surface area contributed by atoms with Crippen LogP contribution in [0.1, 0.15) is 16.7 Å². The third kappa shape index (κ3) is 1.61. The van der Waals surface area contributed by atoms with Crippen molar-refractivity contribution in [3.63, 3.8) is 0 Å². The highest BCUT2D eigenvalue weighted by molar-refractivity contribution is 7.09. The van der Waals surface area contributed by atoms with Gasteiger partial charge in [-0.25, -0.2) is 4.98 Å². The number of thiophene rings is 1. The molecule has 0 fully saturated rings. The number of hydrogen-bond acceptors (Lipinski definition) is 5. The summed E-state index contributed by atoms with van der Waals surface area (Å²) in [4.78, 5) is 4.51. The van der Waals surface area contributed by atoms with Crippen molar-refractivity contribution in [2.75, 3.05) is 17.2 Å². The molecule has 0 aromatic carbocycles. The van der Waals surface area contributed by atoms with Crippen LogP contribution in [0.2, 0.25) is 0 Å². The van der Waals surface area contributed by atoms with Crippen LogP contribution < -0.4 is 10.6 Å². The second-order valence-corrected chi connectivity index (χ2v) is 5.37. The molecule has 0 spiro atoms. The number of fused-ring (bicyclic) bond motifs is 1. The van der Waals surface area contributed by atoms with E-state index in [1.807, 2.05) is 6.92 Å².